The molecular formula is C28H30FN5O3. The average molecular weight is 504 g/mol. The first kappa shape index (κ1) is 24.7. The molecule has 1 saturated heterocycles. The zero-order valence-corrected chi connectivity index (χ0v) is 20.8. The molecule has 0 radical (unpaired) electrons. The second kappa shape index (κ2) is 10.9. The van der Waals surface area contributed by atoms with Gasteiger partial charge in [-0.05, 0) is 67.3 Å². The fourth-order valence-electron chi connectivity index (χ4n) is 4.49. The summed E-state index contributed by atoms with van der Waals surface area (Å²) in [6, 6.07) is 17.5. The number of ether oxygens (including phenoxy) is 1. The normalized spacial score (nSPS) is 15.4. The molecule has 0 N–H and O–H groups in total. The van der Waals surface area contributed by atoms with Crippen LogP contribution in [0.4, 0.5) is 10.2 Å². The van der Waals surface area contributed by atoms with Crippen LogP contribution in [0.5, 0.6) is 5.75 Å². The largest absolute Gasteiger partial charge is 0.497 e. The SMILES string of the molecule is COc1ccc(-c2ccc(N3CCN(C(=O)CN(CC4CC4)C(=O)c4ccccc4F)CC3)nn2)cc1. The van der Waals surface area contributed by atoms with Crippen molar-refractivity contribution >= 4 is 17.6 Å². The highest BCUT2D eigenvalue weighted by Gasteiger charge is 2.31. The van der Waals surface area contributed by atoms with E-state index in [1.807, 2.05) is 36.4 Å². The second-order valence-electron chi connectivity index (χ2n) is 9.48. The summed E-state index contributed by atoms with van der Waals surface area (Å²) in [5.41, 5.74) is 1.74. The van der Waals surface area contributed by atoms with Crippen LogP contribution in [0.1, 0.15) is 23.2 Å². The molecule has 0 unspecified atom stereocenters. The van der Waals surface area contributed by atoms with E-state index < -0.39 is 11.7 Å². The van der Waals surface area contributed by atoms with Crippen molar-refractivity contribution in [3.63, 3.8) is 0 Å². The first-order valence-corrected chi connectivity index (χ1v) is 12.6. The van der Waals surface area contributed by atoms with Crippen LogP contribution in [0.25, 0.3) is 11.3 Å². The fourth-order valence-corrected chi connectivity index (χ4v) is 4.49. The van der Waals surface area contributed by atoms with Gasteiger partial charge in [0, 0.05) is 38.3 Å². The van der Waals surface area contributed by atoms with Gasteiger partial charge in [0.15, 0.2) is 5.82 Å². The molecule has 0 atom stereocenters. The van der Waals surface area contributed by atoms with E-state index >= 15 is 0 Å². The maximum Gasteiger partial charge on any atom is 0.257 e. The first-order chi connectivity index (χ1) is 18.0. The number of piperazine rings is 1. The van der Waals surface area contributed by atoms with Gasteiger partial charge >= 0.3 is 0 Å². The topological polar surface area (TPSA) is 78.9 Å². The second-order valence-corrected chi connectivity index (χ2v) is 9.48. The van der Waals surface area contributed by atoms with Gasteiger partial charge in [0.05, 0.1) is 18.4 Å². The Hall–Kier alpha value is -4.01. The van der Waals surface area contributed by atoms with E-state index in [0.29, 0.717) is 38.6 Å². The molecule has 0 spiro atoms. The Morgan fingerprint density at radius 2 is 1.70 bits per heavy atom. The van der Waals surface area contributed by atoms with E-state index in [1.165, 1.54) is 17.0 Å². The summed E-state index contributed by atoms with van der Waals surface area (Å²) in [5, 5.41) is 8.77. The van der Waals surface area contributed by atoms with Gasteiger partial charge < -0.3 is 19.4 Å². The number of amides is 2. The summed E-state index contributed by atoms with van der Waals surface area (Å²) in [5.74, 6) is 0.825. The minimum atomic E-state index is -0.562. The highest BCUT2D eigenvalue weighted by Crippen LogP contribution is 2.30. The number of rotatable bonds is 8. The number of hydrogen-bond donors (Lipinski definition) is 0. The van der Waals surface area contributed by atoms with Crippen molar-refractivity contribution in [3.8, 4) is 17.0 Å². The number of nitrogens with zero attached hydrogens (tertiary/aromatic N) is 5. The maximum atomic E-state index is 14.2. The third-order valence-corrected chi connectivity index (χ3v) is 6.89. The number of benzene rings is 2. The summed E-state index contributed by atoms with van der Waals surface area (Å²) in [4.78, 5) is 31.5. The van der Waals surface area contributed by atoms with Crippen LogP contribution in [0.3, 0.4) is 0 Å². The predicted octanol–water partition coefficient (Wildman–Crippen LogP) is 3.49. The van der Waals surface area contributed by atoms with E-state index in [0.717, 1.165) is 35.7 Å². The summed E-state index contributed by atoms with van der Waals surface area (Å²) >= 11 is 0. The number of carbonyl (C=O) groups is 2. The number of hydrogen-bond acceptors (Lipinski definition) is 6. The Labute approximate surface area is 215 Å². The molecule has 9 heteroatoms. The molecule has 5 rings (SSSR count). The zero-order chi connectivity index (χ0) is 25.8. The molecule has 1 aromatic heterocycles. The van der Waals surface area contributed by atoms with Crippen molar-refractivity contribution in [2.75, 3.05) is 51.3 Å². The Morgan fingerprint density at radius 3 is 2.32 bits per heavy atom. The molecule has 37 heavy (non-hydrogen) atoms. The lowest BCUT2D eigenvalue weighted by molar-refractivity contribution is -0.132. The van der Waals surface area contributed by atoms with Crippen LogP contribution in [-0.4, -0.2) is 78.2 Å². The van der Waals surface area contributed by atoms with Gasteiger partial charge in [-0.15, -0.1) is 10.2 Å². The summed E-state index contributed by atoms with van der Waals surface area (Å²) in [6.45, 7) is 2.71. The lowest BCUT2D eigenvalue weighted by Crippen LogP contribution is -2.52. The summed E-state index contributed by atoms with van der Waals surface area (Å²) in [7, 11) is 1.63. The van der Waals surface area contributed by atoms with E-state index in [9.17, 15) is 14.0 Å². The van der Waals surface area contributed by atoms with Crippen LogP contribution in [-0.2, 0) is 4.79 Å². The Morgan fingerprint density at radius 1 is 0.973 bits per heavy atom. The minimum Gasteiger partial charge on any atom is -0.497 e. The van der Waals surface area contributed by atoms with E-state index in [2.05, 4.69) is 15.1 Å². The van der Waals surface area contributed by atoms with Crippen LogP contribution < -0.4 is 9.64 Å². The highest BCUT2D eigenvalue weighted by atomic mass is 19.1. The van der Waals surface area contributed by atoms with Gasteiger partial charge in [0.1, 0.15) is 18.1 Å². The fraction of sp³-hybridized carbons (Fsp3) is 0.357. The average Bonchev–Trinajstić information content (AvgIpc) is 3.77. The van der Waals surface area contributed by atoms with Gasteiger partial charge in [-0.2, -0.15) is 0 Å². The van der Waals surface area contributed by atoms with Crippen molar-refractivity contribution in [3.05, 3.63) is 72.0 Å². The third kappa shape index (κ3) is 5.87. The molecule has 0 bridgehead atoms. The van der Waals surface area contributed by atoms with E-state index in [-0.39, 0.29) is 18.0 Å². The smallest absolute Gasteiger partial charge is 0.257 e. The first-order valence-electron chi connectivity index (χ1n) is 12.6. The molecule has 1 aliphatic heterocycles. The van der Waals surface area contributed by atoms with Gasteiger partial charge in [0.2, 0.25) is 5.91 Å². The van der Waals surface area contributed by atoms with Gasteiger partial charge in [0.25, 0.3) is 5.91 Å². The number of halogens is 1. The van der Waals surface area contributed by atoms with Gasteiger partial charge in [-0.3, -0.25) is 9.59 Å². The third-order valence-electron chi connectivity index (χ3n) is 6.89. The number of aromatic nitrogens is 2. The molecule has 1 aliphatic carbocycles. The molecule has 1 saturated carbocycles. The monoisotopic (exact) mass is 503 g/mol. The van der Waals surface area contributed by atoms with E-state index in [4.69, 9.17) is 4.74 Å². The molecule has 2 fully saturated rings. The van der Waals surface area contributed by atoms with E-state index in [1.54, 1.807) is 24.1 Å². The van der Waals surface area contributed by atoms with Crippen molar-refractivity contribution in [2.45, 2.75) is 12.8 Å². The Kier molecular flexibility index (Phi) is 7.30. The van der Waals surface area contributed by atoms with Crippen molar-refractivity contribution < 1.29 is 18.7 Å². The summed E-state index contributed by atoms with van der Waals surface area (Å²) < 4.78 is 19.4. The molecular weight excluding hydrogens is 473 g/mol. The molecule has 192 valence electrons. The lowest BCUT2D eigenvalue weighted by atomic mass is 10.1. The van der Waals surface area contributed by atoms with Gasteiger partial charge in [-0.1, -0.05) is 12.1 Å². The van der Waals surface area contributed by atoms with Crippen LogP contribution >= 0.6 is 0 Å². The van der Waals surface area contributed by atoms with Gasteiger partial charge in [-0.25, -0.2) is 4.39 Å². The minimum absolute atomic E-state index is 0.0115. The predicted molar refractivity (Wildman–Crippen MR) is 138 cm³/mol. The maximum absolute atomic E-state index is 14.2. The van der Waals surface area contributed by atoms with Crippen LogP contribution in [0.2, 0.25) is 0 Å². The quantitative estimate of drug-likeness (QED) is 0.468. The lowest BCUT2D eigenvalue weighted by Gasteiger charge is -2.36. The standard InChI is InChI=1S/C28H30FN5O3/c1-37-22-10-8-21(9-11-22)25-12-13-26(31-30-25)32-14-16-33(17-15-32)27(35)19-34(18-20-6-7-20)28(36)23-4-2-3-5-24(23)29/h2-5,8-13,20H,6-7,14-19H2,1H3. The number of carbonyl (C=O) groups excluding carboxylic acids is 2. The molecule has 2 heterocycles. The summed E-state index contributed by atoms with van der Waals surface area (Å²) in [6.07, 6.45) is 2.07. The Bertz CT molecular complexity index is 1240. The Balaban J connectivity index is 1.18. The van der Waals surface area contributed by atoms with Crippen molar-refractivity contribution in [2.24, 2.45) is 5.92 Å². The molecule has 8 nitrogen and oxygen atoms in total. The van der Waals surface area contributed by atoms with Crippen molar-refractivity contribution in [1.82, 2.24) is 20.0 Å². The number of anilines is 1. The molecule has 3 aromatic rings. The highest BCUT2D eigenvalue weighted by molar-refractivity contribution is 5.96. The van der Waals surface area contributed by atoms with Crippen LogP contribution in [0, 0.1) is 11.7 Å². The number of methoxy groups -OCH3 is 1. The van der Waals surface area contributed by atoms with Crippen LogP contribution in [0.15, 0.2) is 60.7 Å². The molecule has 2 aromatic carbocycles. The zero-order valence-electron chi connectivity index (χ0n) is 20.8. The van der Waals surface area contributed by atoms with Crippen molar-refractivity contribution in [1.29, 1.82) is 0 Å². The molecule has 2 aliphatic rings. The molecule has 2 amide bonds.